The topological polar surface area (TPSA) is 30.6 Å². The van der Waals surface area contributed by atoms with Crippen LogP contribution < -0.4 is 0 Å². The van der Waals surface area contributed by atoms with Gasteiger partial charge in [-0.25, -0.2) is 4.18 Å². The summed E-state index contributed by atoms with van der Waals surface area (Å²) in [6.45, 7) is 0. The molecule has 0 bridgehead atoms. The quantitative estimate of drug-likeness (QED) is 0.334. The predicted molar refractivity (Wildman–Crippen MR) is 110 cm³/mol. The van der Waals surface area contributed by atoms with Crippen LogP contribution in [-0.4, -0.2) is 14.6 Å². The summed E-state index contributed by atoms with van der Waals surface area (Å²) < 4.78 is 4.06. The highest BCUT2D eigenvalue weighted by Crippen LogP contribution is 2.69. The predicted octanol–water partition coefficient (Wildman–Crippen LogP) is 6.77. The molecular formula is C20H16Cl3O2S+. The molecule has 26 heavy (non-hydrogen) atoms. The van der Waals surface area contributed by atoms with Crippen molar-refractivity contribution in [1.29, 1.82) is 0 Å². The summed E-state index contributed by atoms with van der Waals surface area (Å²) in [5.74, 6) is -0.658. The van der Waals surface area contributed by atoms with Crippen LogP contribution in [0.2, 0.25) is 0 Å². The lowest BCUT2D eigenvalue weighted by Crippen LogP contribution is -2.25. The van der Waals surface area contributed by atoms with Gasteiger partial charge in [-0.05, 0) is 36.4 Å². The van der Waals surface area contributed by atoms with Gasteiger partial charge in [-0.2, -0.15) is 0 Å². The molecule has 3 aromatic carbocycles. The van der Waals surface area contributed by atoms with Gasteiger partial charge in [-0.15, -0.1) is 0 Å². The van der Waals surface area contributed by atoms with Gasteiger partial charge in [0, 0.05) is 0 Å². The zero-order valence-electron chi connectivity index (χ0n) is 13.6. The van der Waals surface area contributed by atoms with Crippen molar-refractivity contribution in [2.45, 2.75) is 18.5 Å². The van der Waals surface area contributed by atoms with Crippen molar-refractivity contribution in [3.8, 4) is 0 Å². The van der Waals surface area contributed by atoms with Crippen molar-refractivity contribution >= 4 is 51.1 Å². The first-order valence-corrected chi connectivity index (χ1v) is 10.4. The van der Waals surface area contributed by atoms with E-state index in [0.717, 1.165) is 14.7 Å². The van der Waals surface area contributed by atoms with Gasteiger partial charge in [0.15, 0.2) is 0 Å². The van der Waals surface area contributed by atoms with Crippen LogP contribution in [0.25, 0.3) is 0 Å². The largest absolute Gasteiger partial charge is 0.550 e. The molecule has 0 saturated carbocycles. The van der Waals surface area contributed by atoms with Crippen LogP contribution in [0.5, 0.6) is 0 Å². The highest BCUT2D eigenvalue weighted by atomic mass is 35.6. The molecule has 0 unspecified atom stereocenters. The molecule has 2 nitrogen and oxygen atoms in total. The lowest BCUT2D eigenvalue weighted by Gasteiger charge is -2.33. The first-order valence-electron chi connectivity index (χ1n) is 7.76. The normalized spacial score (nSPS) is 12.4. The van der Waals surface area contributed by atoms with Crippen LogP contribution in [0.3, 0.4) is 0 Å². The second kappa shape index (κ2) is 7.93. The smallest absolute Gasteiger partial charge is 0.335 e. The molecule has 0 radical (unpaired) electrons. The Morgan fingerprint density at radius 3 is 1.23 bits per heavy atom. The molecule has 0 atom stereocenters. The molecule has 134 valence electrons. The van der Waals surface area contributed by atoms with E-state index in [2.05, 4.69) is 0 Å². The SMILES string of the molecule is [OH+]=C(OS(c1ccccc1)(c1ccccc1)c1ccccc1)C(Cl)(Cl)Cl. The molecule has 0 fully saturated rings. The Balaban J connectivity index is 2.30. The van der Waals surface area contributed by atoms with Gasteiger partial charge in [-0.3, -0.25) is 0 Å². The molecule has 6 heteroatoms. The molecular weight excluding hydrogens is 411 g/mol. The van der Waals surface area contributed by atoms with Gasteiger partial charge in [0.25, 0.3) is 0 Å². The van der Waals surface area contributed by atoms with Crippen LogP contribution in [0.15, 0.2) is 106 Å². The van der Waals surface area contributed by atoms with Crippen LogP contribution in [0.4, 0.5) is 0 Å². The molecule has 0 aromatic heterocycles. The van der Waals surface area contributed by atoms with Crippen LogP contribution >= 0.6 is 45.1 Å². The molecule has 0 aliphatic carbocycles. The van der Waals surface area contributed by atoms with Gasteiger partial charge < -0.3 is 4.79 Å². The van der Waals surface area contributed by atoms with Gasteiger partial charge in [-0.1, -0.05) is 89.4 Å². The molecule has 0 amide bonds. The lowest BCUT2D eigenvalue weighted by molar-refractivity contribution is 0.488. The van der Waals surface area contributed by atoms with E-state index < -0.39 is 20.1 Å². The molecule has 3 rings (SSSR count). The third-order valence-corrected chi connectivity index (χ3v) is 7.37. The van der Waals surface area contributed by atoms with E-state index in [1.807, 2.05) is 91.0 Å². The Hall–Kier alpha value is -1.65. The number of rotatable bonds is 4. The third-order valence-electron chi connectivity index (χ3n) is 3.67. The molecule has 0 saturated heterocycles. The summed E-state index contributed by atoms with van der Waals surface area (Å²) in [6.07, 6.45) is 0. The van der Waals surface area contributed by atoms with E-state index in [0.29, 0.717) is 0 Å². The zero-order chi connectivity index (χ0) is 18.6. The van der Waals surface area contributed by atoms with Crippen LogP contribution in [0.1, 0.15) is 0 Å². The monoisotopic (exact) mass is 425 g/mol. The summed E-state index contributed by atoms with van der Waals surface area (Å²) in [7, 11) is -2.36. The number of alkyl halides is 3. The Morgan fingerprint density at radius 2 is 0.962 bits per heavy atom. The second-order valence-electron chi connectivity index (χ2n) is 5.38. The number of halogens is 3. The minimum atomic E-state index is -2.36. The van der Waals surface area contributed by atoms with E-state index in [-0.39, 0.29) is 0 Å². The highest BCUT2D eigenvalue weighted by Gasteiger charge is 2.50. The van der Waals surface area contributed by atoms with Gasteiger partial charge >= 0.3 is 9.76 Å². The summed E-state index contributed by atoms with van der Waals surface area (Å²) in [5, 5.41) is 0. The van der Waals surface area contributed by atoms with E-state index in [1.165, 1.54) is 0 Å². The van der Waals surface area contributed by atoms with Crippen LogP contribution in [0, 0.1) is 0 Å². The number of hydrogen-bond donors (Lipinski definition) is 0. The van der Waals surface area contributed by atoms with Crippen molar-refractivity contribution in [3.05, 3.63) is 91.0 Å². The van der Waals surface area contributed by atoms with Crippen LogP contribution in [-0.2, 0) is 4.18 Å². The van der Waals surface area contributed by atoms with Gasteiger partial charge in [0.2, 0.25) is 0 Å². The fourth-order valence-electron chi connectivity index (χ4n) is 2.55. The maximum absolute atomic E-state index is 10.4. The molecule has 1 N–H and O–H groups in total. The Morgan fingerprint density at radius 1 is 0.654 bits per heavy atom. The molecule has 0 spiro atoms. The molecule has 0 aliphatic heterocycles. The summed E-state index contributed by atoms with van der Waals surface area (Å²) in [6, 6.07) is 28.9. The first kappa shape index (κ1) is 19.1. The lowest BCUT2D eigenvalue weighted by atomic mass is 10.4. The Labute approximate surface area is 169 Å². The minimum Gasteiger partial charge on any atom is -0.335 e. The van der Waals surface area contributed by atoms with Crippen molar-refractivity contribution in [1.82, 2.24) is 0 Å². The summed E-state index contributed by atoms with van der Waals surface area (Å²) in [5.41, 5.74) is 0. The summed E-state index contributed by atoms with van der Waals surface area (Å²) in [4.78, 5) is 13.0. The van der Waals surface area contributed by atoms with E-state index >= 15 is 0 Å². The van der Waals surface area contributed by atoms with Crippen molar-refractivity contribution < 1.29 is 8.98 Å². The molecule has 0 heterocycles. The Bertz CT molecular complexity index is 769. The third kappa shape index (κ3) is 3.86. The van der Waals surface area contributed by atoms with Crippen molar-refractivity contribution in [2.24, 2.45) is 0 Å². The number of benzene rings is 3. The number of carbonyl (C=O) groups excluding carboxylic acids is 1. The average Bonchev–Trinajstić information content (AvgIpc) is 2.67. The molecule has 0 aliphatic rings. The number of hydrogen-bond acceptors (Lipinski definition) is 1. The summed E-state index contributed by atoms with van der Waals surface area (Å²) >= 11 is 17.7. The van der Waals surface area contributed by atoms with E-state index in [9.17, 15) is 4.79 Å². The van der Waals surface area contributed by atoms with E-state index in [1.54, 1.807) is 0 Å². The fraction of sp³-hybridized carbons (Fsp3) is 0.0500. The Kier molecular flexibility index (Phi) is 5.83. The average molecular weight is 427 g/mol. The fourth-order valence-corrected chi connectivity index (χ4v) is 5.90. The van der Waals surface area contributed by atoms with Gasteiger partial charge in [0.1, 0.15) is 0 Å². The second-order valence-corrected chi connectivity index (χ2v) is 10.4. The van der Waals surface area contributed by atoms with Crippen molar-refractivity contribution in [3.63, 3.8) is 0 Å². The first-order chi connectivity index (χ1) is 12.4. The maximum atomic E-state index is 10.4. The van der Waals surface area contributed by atoms with Crippen molar-refractivity contribution in [2.75, 3.05) is 0 Å². The highest BCUT2D eigenvalue weighted by molar-refractivity contribution is 8.30. The zero-order valence-corrected chi connectivity index (χ0v) is 16.6. The van der Waals surface area contributed by atoms with E-state index in [4.69, 9.17) is 39.0 Å². The maximum Gasteiger partial charge on any atom is 0.550 e. The standard InChI is InChI=1S/C20H15Cl3O2S/c21-20(22,23)19(24)25-26(16-10-4-1-5-11-16,17-12-6-2-7-13-17)18-14-8-3-9-15-18/h1-15H/p+1. The molecule has 3 aromatic rings. The minimum absolute atomic E-state index is 0.658. The van der Waals surface area contributed by atoms with Gasteiger partial charge in [0.05, 0.1) is 25.0 Å².